The number of aromatic hydroxyl groups is 1. The predicted molar refractivity (Wildman–Crippen MR) is 140 cm³/mol. The van der Waals surface area contributed by atoms with Crippen LogP contribution in [0.2, 0.25) is 0 Å². The number of rotatable bonds is 7. The summed E-state index contributed by atoms with van der Waals surface area (Å²) in [7, 11) is 0. The second-order valence-electron chi connectivity index (χ2n) is 11.1. The quantitative estimate of drug-likeness (QED) is 0.360. The van der Waals surface area contributed by atoms with Crippen molar-refractivity contribution in [3.63, 3.8) is 0 Å². The first-order chi connectivity index (χ1) is 17.5. The van der Waals surface area contributed by atoms with E-state index in [0.29, 0.717) is 6.61 Å². The van der Waals surface area contributed by atoms with Crippen LogP contribution in [0.3, 0.4) is 0 Å². The molecule has 0 aromatic heterocycles. The number of benzene rings is 3. The van der Waals surface area contributed by atoms with E-state index in [-0.39, 0.29) is 23.3 Å². The molecular weight excluding hydrogens is 448 g/mol. The van der Waals surface area contributed by atoms with Gasteiger partial charge in [-0.3, -0.25) is 0 Å². The van der Waals surface area contributed by atoms with E-state index in [1.807, 2.05) is 24.3 Å². The van der Waals surface area contributed by atoms with Crippen LogP contribution in [0.1, 0.15) is 66.9 Å². The fourth-order valence-corrected chi connectivity index (χ4v) is 7.52. The summed E-state index contributed by atoms with van der Waals surface area (Å²) in [6.07, 6.45) is 7.92. The molecule has 186 valence electrons. The molecule has 7 rings (SSSR count). The molecule has 4 fully saturated rings. The first-order valence-electron chi connectivity index (χ1n) is 13.3. The number of esters is 1. The molecule has 36 heavy (non-hydrogen) atoms. The zero-order valence-electron chi connectivity index (χ0n) is 20.9. The summed E-state index contributed by atoms with van der Waals surface area (Å²) in [5.74, 6) is 2.92. The molecule has 4 aliphatic rings. The lowest BCUT2D eigenvalue weighted by Crippen LogP contribution is -2.48. The molecule has 0 radical (unpaired) electrons. The molecule has 0 aliphatic heterocycles. The Labute approximate surface area is 213 Å². The number of carbonyl (C=O) groups excluding carboxylic acids is 1. The summed E-state index contributed by atoms with van der Waals surface area (Å²) in [5, 5.41) is 10.6. The van der Waals surface area contributed by atoms with E-state index in [9.17, 15) is 9.90 Å². The summed E-state index contributed by atoms with van der Waals surface area (Å²) in [4.78, 5) is 12.2. The first kappa shape index (κ1) is 23.1. The number of ether oxygens (including phenoxy) is 2. The second-order valence-corrected chi connectivity index (χ2v) is 11.1. The van der Waals surface area contributed by atoms with E-state index >= 15 is 0 Å². The van der Waals surface area contributed by atoms with Gasteiger partial charge in [0.2, 0.25) is 0 Å². The van der Waals surface area contributed by atoms with Crippen molar-refractivity contribution in [3.8, 4) is 22.6 Å². The molecule has 4 nitrogen and oxygen atoms in total. The Morgan fingerprint density at radius 3 is 2.17 bits per heavy atom. The topological polar surface area (TPSA) is 55.8 Å². The third kappa shape index (κ3) is 4.27. The van der Waals surface area contributed by atoms with Gasteiger partial charge in [0.15, 0.2) is 0 Å². The van der Waals surface area contributed by atoms with Gasteiger partial charge >= 0.3 is 5.97 Å². The van der Waals surface area contributed by atoms with Crippen molar-refractivity contribution in [2.45, 2.75) is 57.5 Å². The van der Waals surface area contributed by atoms with Crippen LogP contribution < -0.4 is 4.74 Å². The molecule has 4 aliphatic carbocycles. The van der Waals surface area contributed by atoms with Crippen LogP contribution in [0.5, 0.6) is 11.5 Å². The third-order valence-electron chi connectivity index (χ3n) is 8.65. The van der Waals surface area contributed by atoms with Gasteiger partial charge in [-0.2, -0.15) is 0 Å². The maximum Gasteiger partial charge on any atom is 0.341 e. The van der Waals surface area contributed by atoms with E-state index < -0.39 is 5.97 Å². The highest BCUT2D eigenvalue weighted by atomic mass is 16.5. The van der Waals surface area contributed by atoms with Crippen LogP contribution in [0.4, 0.5) is 0 Å². The highest BCUT2D eigenvalue weighted by Gasteiger charge is 2.52. The van der Waals surface area contributed by atoms with Crippen molar-refractivity contribution < 1.29 is 19.4 Å². The summed E-state index contributed by atoms with van der Waals surface area (Å²) in [6.45, 7) is 2.59. The molecule has 4 saturated carbocycles. The maximum atomic E-state index is 12.2. The molecule has 4 heteroatoms. The molecule has 0 saturated heterocycles. The molecule has 3 aromatic carbocycles. The van der Waals surface area contributed by atoms with Gasteiger partial charge in [0.05, 0.1) is 6.61 Å². The van der Waals surface area contributed by atoms with Crippen LogP contribution in [0.25, 0.3) is 11.1 Å². The van der Waals surface area contributed by atoms with Gasteiger partial charge in [-0.15, -0.1) is 0 Å². The summed E-state index contributed by atoms with van der Waals surface area (Å²) >= 11 is 0. The number of phenolic OH excluding ortho intramolecular Hbond substituents is 1. The van der Waals surface area contributed by atoms with Crippen LogP contribution in [-0.4, -0.2) is 17.7 Å². The molecule has 4 bridgehead atoms. The van der Waals surface area contributed by atoms with Crippen molar-refractivity contribution >= 4 is 5.97 Å². The van der Waals surface area contributed by atoms with E-state index in [4.69, 9.17) is 9.47 Å². The Balaban J connectivity index is 1.37. The first-order valence-corrected chi connectivity index (χ1v) is 13.3. The highest BCUT2D eigenvalue weighted by Crippen LogP contribution is 2.62. The maximum absolute atomic E-state index is 12.2. The van der Waals surface area contributed by atoms with Crippen LogP contribution in [-0.2, 0) is 16.8 Å². The smallest absolute Gasteiger partial charge is 0.341 e. The number of hydrogen-bond donors (Lipinski definition) is 1. The van der Waals surface area contributed by atoms with Crippen molar-refractivity contribution in [1.82, 2.24) is 0 Å². The lowest BCUT2D eigenvalue weighted by Gasteiger charge is -2.57. The largest absolute Gasteiger partial charge is 0.507 e. The fourth-order valence-electron chi connectivity index (χ4n) is 7.52. The number of hydrogen-bond acceptors (Lipinski definition) is 4. The summed E-state index contributed by atoms with van der Waals surface area (Å²) < 4.78 is 11.6. The van der Waals surface area contributed by atoms with Gasteiger partial charge < -0.3 is 14.6 Å². The van der Waals surface area contributed by atoms with Crippen LogP contribution in [0.15, 0.2) is 66.7 Å². The SMILES string of the molecule is CCOC(=O)c1ccc(-c2ccc(OCc3ccccc3)c(C34CC5CC(CC(C5)C3)C4)c2)cc1O. The molecule has 3 aromatic rings. The zero-order chi connectivity index (χ0) is 24.7. The minimum Gasteiger partial charge on any atom is -0.507 e. The average molecular weight is 483 g/mol. The summed E-state index contributed by atoms with van der Waals surface area (Å²) in [6, 6.07) is 22.1. The standard InChI is InChI=1S/C32H34O4/c1-2-35-31(34)27-10-8-26(16-29(27)33)25-9-11-30(36-20-21-6-4-3-5-7-21)28(15-25)32-17-22-12-23(18-32)14-24(13-22)19-32/h3-11,15-16,22-24,33H,2,12-14,17-20H2,1H3. The van der Waals surface area contributed by atoms with Gasteiger partial charge in [0, 0.05) is 5.56 Å². The fraction of sp³-hybridized carbons (Fsp3) is 0.406. The summed E-state index contributed by atoms with van der Waals surface area (Å²) in [5.41, 5.74) is 4.79. The van der Waals surface area contributed by atoms with E-state index in [2.05, 4.69) is 30.3 Å². The highest BCUT2D eigenvalue weighted by molar-refractivity contribution is 5.93. The second kappa shape index (κ2) is 9.31. The average Bonchev–Trinajstić information content (AvgIpc) is 2.87. The Hall–Kier alpha value is -3.27. The Morgan fingerprint density at radius 2 is 1.53 bits per heavy atom. The van der Waals surface area contributed by atoms with Gasteiger partial charge in [-0.1, -0.05) is 42.5 Å². The monoisotopic (exact) mass is 482 g/mol. The van der Waals surface area contributed by atoms with Gasteiger partial charge in [0.1, 0.15) is 23.7 Å². The van der Waals surface area contributed by atoms with Crippen molar-refractivity contribution in [1.29, 1.82) is 0 Å². The Bertz CT molecular complexity index is 1230. The van der Waals surface area contributed by atoms with Crippen molar-refractivity contribution in [3.05, 3.63) is 83.4 Å². The third-order valence-corrected chi connectivity index (χ3v) is 8.65. The number of carbonyl (C=O) groups is 1. The number of phenols is 1. The lowest BCUT2D eigenvalue weighted by atomic mass is 9.48. The normalized spacial score (nSPS) is 26.1. The van der Waals surface area contributed by atoms with Gasteiger partial charge in [0.25, 0.3) is 0 Å². The Kier molecular flexibility index (Phi) is 5.99. The Morgan fingerprint density at radius 1 is 0.889 bits per heavy atom. The molecule has 0 unspecified atom stereocenters. The minimum atomic E-state index is -0.500. The molecule has 0 heterocycles. The molecular formula is C32H34O4. The van der Waals surface area contributed by atoms with Crippen molar-refractivity contribution in [2.24, 2.45) is 17.8 Å². The molecule has 0 spiro atoms. The van der Waals surface area contributed by atoms with Gasteiger partial charge in [-0.25, -0.2) is 4.79 Å². The van der Waals surface area contributed by atoms with Crippen molar-refractivity contribution in [2.75, 3.05) is 6.61 Å². The van der Waals surface area contributed by atoms with Gasteiger partial charge in [-0.05, 0) is 110 Å². The van der Waals surface area contributed by atoms with E-state index in [1.54, 1.807) is 19.1 Å². The molecule has 0 amide bonds. The molecule has 0 atom stereocenters. The molecule has 1 N–H and O–H groups in total. The van der Waals surface area contributed by atoms with E-state index in [0.717, 1.165) is 40.2 Å². The van der Waals surface area contributed by atoms with Crippen LogP contribution >= 0.6 is 0 Å². The zero-order valence-corrected chi connectivity index (χ0v) is 20.9. The lowest BCUT2D eigenvalue weighted by molar-refractivity contribution is -0.00645. The minimum absolute atomic E-state index is 0.0493. The van der Waals surface area contributed by atoms with E-state index in [1.165, 1.54) is 44.1 Å². The predicted octanol–water partition coefficient (Wildman–Crippen LogP) is 7.28. The van der Waals surface area contributed by atoms with Crippen LogP contribution in [0, 0.1) is 17.8 Å².